The maximum atomic E-state index is 13.2. The van der Waals surface area contributed by atoms with Crippen LogP contribution in [0.5, 0.6) is 17.2 Å². The minimum absolute atomic E-state index is 0.0210. The highest BCUT2D eigenvalue weighted by atomic mass is 32.2. The molecule has 8 nitrogen and oxygen atoms in total. The number of hydrogen-bond donors (Lipinski definition) is 2. The number of rotatable bonds is 6. The molecule has 5 rings (SSSR count). The maximum Gasteiger partial charge on any atom is 0.265 e. The van der Waals surface area contributed by atoms with Crippen LogP contribution in [-0.4, -0.2) is 26.3 Å². The van der Waals surface area contributed by atoms with Crippen LogP contribution in [0.25, 0.3) is 0 Å². The quantitative estimate of drug-likeness (QED) is 0.568. The average molecular weight is 466 g/mol. The first-order valence-corrected chi connectivity index (χ1v) is 12.1. The van der Waals surface area contributed by atoms with Gasteiger partial charge in [0.25, 0.3) is 10.0 Å². The van der Waals surface area contributed by atoms with Crippen LogP contribution in [-0.2, 0) is 26.7 Å². The number of anilines is 2. The molecule has 0 unspecified atom stereocenters. The Balaban J connectivity index is 1.58. The van der Waals surface area contributed by atoms with Crippen molar-refractivity contribution in [2.75, 3.05) is 17.6 Å². The summed E-state index contributed by atoms with van der Waals surface area (Å²) in [5.41, 5.74) is 7.05. The van der Waals surface area contributed by atoms with Gasteiger partial charge in [0.2, 0.25) is 0 Å². The second-order valence-corrected chi connectivity index (χ2v) is 9.96. The molecule has 3 N–H and O–H groups in total. The van der Waals surface area contributed by atoms with Gasteiger partial charge in [-0.25, -0.2) is 13.4 Å². The van der Waals surface area contributed by atoms with E-state index in [0.717, 1.165) is 30.4 Å². The van der Waals surface area contributed by atoms with E-state index in [1.807, 2.05) is 0 Å². The maximum absolute atomic E-state index is 13.2. The van der Waals surface area contributed by atoms with E-state index < -0.39 is 15.4 Å². The number of nitrogens with one attached hydrogen (secondary N) is 1. The lowest BCUT2D eigenvalue weighted by Crippen LogP contribution is -2.39. The van der Waals surface area contributed by atoms with Gasteiger partial charge in [0, 0.05) is 18.1 Å². The van der Waals surface area contributed by atoms with Gasteiger partial charge in [-0.3, -0.25) is 9.52 Å². The fraction of sp³-hybridized carbons (Fsp3) is 0.250. The van der Waals surface area contributed by atoms with Crippen LogP contribution < -0.4 is 19.9 Å². The lowest BCUT2D eigenvalue weighted by atomic mass is 9.64. The summed E-state index contributed by atoms with van der Waals surface area (Å²) in [7, 11) is -2.53. The van der Waals surface area contributed by atoms with E-state index >= 15 is 0 Å². The number of pyridine rings is 1. The highest BCUT2D eigenvalue weighted by molar-refractivity contribution is 7.92. The minimum atomic E-state index is -3.95. The number of ketones is 1. The highest BCUT2D eigenvalue weighted by Gasteiger charge is 2.51. The number of para-hydroxylation sites is 1. The zero-order valence-electron chi connectivity index (χ0n) is 18.0. The van der Waals surface area contributed by atoms with Crippen molar-refractivity contribution in [3.05, 3.63) is 65.9 Å². The molecule has 1 spiro atoms. The van der Waals surface area contributed by atoms with Crippen LogP contribution in [0.1, 0.15) is 30.4 Å². The van der Waals surface area contributed by atoms with Crippen molar-refractivity contribution < 1.29 is 22.7 Å². The van der Waals surface area contributed by atoms with Crippen LogP contribution in [0.3, 0.4) is 0 Å². The summed E-state index contributed by atoms with van der Waals surface area (Å²) in [6.45, 7) is 0. The van der Waals surface area contributed by atoms with Crippen LogP contribution in [0.15, 0.2) is 59.6 Å². The Bertz CT molecular complexity index is 1350. The number of nitrogens with zero attached hydrogens (tertiary/aromatic N) is 1. The van der Waals surface area contributed by atoms with E-state index in [2.05, 4.69) is 9.71 Å². The molecule has 0 saturated heterocycles. The van der Waals surface area contributed by atoms with Crippen LogP contribution in [0.4, 0.5) is 11.5 Å². The van der Waals surface area contributed by atoms with Gasteiger partial charge in [0.1, 0.15) is 33.7 Å². The van der Waals surface area contributed by atoms with E-state index in [1.54, 1.807) is 42.5 Å². The molecule has 2 aromatic carbocycles. The number of hydrogen-bond acceptors (Lipinski definition) is 7. The number of carbonyl (C=O) groups is 1. The molecule has 1 saturated carbocycles. The molecule has 2 aliphatic carbocycles. The third-order valence-corrected chi connectivity index (χ3v) is 7.82. The predicted octanol–water partition coefficient (Wildman–Crippen LogP) is 3.81. The highest BCUT2D eigenvalue weighted by Crippen LogP contribution is 2.53. The molecule has 1 aromatic heterocycles. The molecular weight excluding hydrogens is 442 g/mol. The fourth-order valence-corrected chi connectivity index (χ4v) is 5.81. The lowest BCUT2D eigenvalue weighted by Gasteiger charge is -2.37. The Labute approximate surface area is 191 Å². The molecule has 33 heavy (non-hydrogen) atoms. The van der Waals surface area contributed by atoms with E-state index in [-0.39, 0.29) is 22.8 Å². The number of fused-ring (bicyclic) bond motifs is 2. The summed E-state index contributed by atoms with van der Waals surface area (Å²) in [4.78, 5) is 17.0. The molecule has 0 bridgehead atoms. The van der Waals surface area contributed by atoms with Crippen LogP contribution in [0.2, 0.25) is 0 Å². The SMILES string of the molecule is COc1ccccc1S(=O)(=O)Nc1cc(Oc2ccc(N)nc2)c2c(c1)C1(CCC1)C(=O)C2. The van der Waals surface area contributed by atoms with Crippen LogP contribution >= 0.6 is 0 Å². The zero-order valence-corrected chi connectivity index (χ0v) is 18.8. The Morgan fingerprint density at radius 1 is 1.09 bits per heavy atom. The molecule has 9 heteroatoms. The van der Waals surface area contributed by atoms with Gasteiger partial charge in [0.05, 0.1) is 24.4 Å². The number of methoxy groups -OCH3 is 1. The number of benzene rings is 2. The van der Waals surface area contributed by atoms with Crippen molar-refractivity contribution in [3.8, 4) is 17.2 Å². The standard InChI is InChI=1S/C24H23N3O5S/c1-31-19-5-2-3-6-21(19)33(29,30)27-15-11-18-17(13-22(28)24(18)9-4-10-24)20(12-15)32-16-7-8-23(25)26-14-16/h2-3,5-8,11-12,14,27H,4,9-10,13H2,1H3,(H2,25,26). The van der Waals surface area contributed by atoms with Gasteiger partial charge in [-0.1, -0.05) is 18.6 Å². The summed E-state index contributed by atoms with van der Waals surface area (Å²) >= 11 is 0. The molecule has 2 aliphatic rings. The number of nitrogens with two attached hydrogens (primary N) is 1. The first kappa shape index (κ1) is 21.3. The third-order valence-electron chi connectivity index (χ3n) is 6.40. The average Bonchev–Trinajstić information content (AvgIpc) is 3.07. The van der Waals surface area contributed by atoms with E-state index in [9.17, 15) is 13.2 Å². The summed E-state index contributed by atoms with van der Waals surface area (Å²) in [5, 5.41) is 0. The van der Waals surface area contributed by atoms with Gasteiger partial charge in [-0.2, -0.15) is 0 Å². The monoisotopic (exact) mass is 465 g/mol. The molecular formula is C24H23N3O5S. The zero-order chi connectivity index (χ0) is 23.2. The van der Waals surface area contributed by atoms with Crippen molar-refractivity contribution in [1.29, 1.82) is 0 Å². The van der Waals surface area contributed by atoms with E-state index in [4.69, 9.17) is 15.2 Å². The summed E-state index contributed by atoms with van der Waals surface area (Å²) in [5.74, 6) is 1.61. The second-order valence-electron chi connectivity index (χ2n) is 8.31. The van der Waals surface area contributed by atoms with Crippen molar-refractivity contribution >= 4 is 27.3 Å². The normalized spacial score (nSPS) is 16.2. The van der Waals surface area contributed by atoms with Crippen LogP contribution in [0, 0.1) is 0 Å². The van der Waals surface area contributed by atoms with Crippen molar-refractivity contribution in [3.63, 3.8) is 0 Å². The molecule has 3 aromatic rings. The molecule has 1 heterocycles. The van der Waals surface area contributed by atoms with Crippen molar-refractivity contribution in [2.24, 2.45) is 0 Å². The Hall–Kier alpha value is -3.59. The smallest absolute Gasteiger partial charge is 0.265 e. The summed E-state index contributed by atoms with van der Waals surface area (Å²) < 4.78 is 40.3. The topological polar surface area (TPSA) is 121 Å². The number of sulfonamides is 1. The first-order valence-electron chi connectivity index (χ1n) is 10.6. The lowest BCUT2D eigenvalue weighted by molar-refractivity contribution is -0.125. The van der Waals surface area contributed by atoms with Gasteiger partial charge < -0.3 is 15.2 Å². The van der Waals surface area contributed by atoms with Gasteiger partial charge in [-0.05, 0) is 48.7 Å². The summed E-state index contributed by atoms with van der Waals surface area (Å²) in [6.07, 6.45) is 4.21. The molecule has 0 radical (unpaired) electrons. The molecule has 170 valence electrons. The minimum Gasteiger partial charge on any atom is -0.495 e. The molecule has 1 fully saturated rings. The van der Waals surface area contributed by atoms with Gasteiger partial charge in [0.15, 0.2) is 0 Å². The van der Waals surface area contributed by atoms with Crippen molar-refractivity contribution in [2.45, 2.75) is 36.0 Å². The first-order chi connectivity index (χ1) is 15.8. The molecule has 0 amide bonds. The fourth-order valence-electron chi connectivity index (χ4n) is 4.59. The number of ether oxygens (including phenoxy) is 2. The molecule has 0 aliphatic heterocycles. The van der Waals surface area contributed by atoms with E-state index in [0.29, 0.717) is 23.0 Å². The number of nitrogen functional groups attached to an aromatic ring is 1. The van der Waals surface area contributed by atoms with E-state index in [1.165, 1.54) is 19.4 Å². The Morgan fingerprint density at radius 3 is 2.55 bits per heavy atom. The summed E-state index contributed by atoms with van der Waals surface area (Å²) in [6, 6.07) is 13.0. The van der Waals surface area contributed by atoms with Gasteiger partial charge >= 0.3 is 0 Å². The number of carbonyl (C=O) groups excluding carboxylic acids is 1. The number of Topliss-reactive ketones (excluding diaryl/α,β-unsaturated/α-hetero) is 1. The Morgan fingerprint density at radius 2 is 1.88 bits per heavy atom. The molecule has 0 atom stereocenters. The van der Waals surface area contributed by atoms with Gasteiger partial charge in [-0.15, -0.1) is 0 Å². The largest absolute Gasteiger partial charge is 0.495 e. The van der Waals surface area contributed by atoms with Crippen molar-refractivity contribution in [1.82, 2.24) is 4.98 Å². The third kappa shape index (κ3) is 3.58. The Kier molecular flexibility index (Phi) is 5.01. The predicted molar refractivity (Wildman–Crippen MR) is 123 cm³/mol. The number of aromatic nitrogens is 1. The second kappa shape index (κ2) is 7.77.